The lowest BCUT2D eigenvalue weighted by Crippen LogP contribution is -2.37. The number of carbonyl (C=O) groups excluding carboxylic acids is 1. The van der Waals surface area contributed by atoms with Gasteiger partial charge in [-0.3, -0.25) is 9.10 Å². The Morgan fingerprint density at radius 2 is 1.76 bits per heavy atom. The fourth-order valence-electron chi connectivity index (χ4n) is 3.11. The van der Waals surface area contributed by atoms with Crippen molar-refractivity contribution in [3.63, 3.8) is 0 Å². The minimum atomic E-state index is -3.69. The van der Waals surface area contributed by atoms with Crippen LogP contribution >= 0.6 is 0 Å². The summed E-state index contributed by atoms with van der Waals surface area (Å²) in [4.78, 5) is 11.9. The summed E-state index contributed by atoms with van der Waals surface area (Å²) in [7, 11) is -3.69. The van der Waals surface area contributed by atoms with Gasteiger partial charge in [0.15, 0.2) is 0 Å². The van der Waals surface area contributed by atoms with E-state index in [2.05, 4.69) is 5.32 Å². The Hall–Kier alpha value is -2.34. The van der Waals surface area contributed by atoms with Gasteiger partial charge in [0.25, 0.3) is 10.0 Å². The van der Waals surface area contributed by atoms with Crippen LogP contribution in [0.25, 0.3) is 0 Å². The van der Waals surface area contributed by atoms with Gasteiger partial charge < -0.3 is 5.32 Å². The van der Waals surface area contributed by atoms with Crippen molar-refractivity contribution in [3.05, 3.63) is 54.1 Å². The summed E-state index contributed by atoms with van der Waals surface area (Å²) >= 11 is 0. The Kier molecular flexibility index (Phi) is 4.81. The number of carbonyl (C=O) groups is 1. The van der Waals surface area contributed by atoms with Crippen LogP contribution in [-0.2, 0) is 21.2 Å². The number of aryl methyl sites for hydroxylation is 1. The maximum atomic E-state index is 13.2. The van der Waals surface area contributed by atoms with Crippen molar-refractivity contribution < 1.29 is 13.2 Å². The summed E-state index contributed by atoms with van der Waals surface area (Å²) in [5, 5.41) is 2.84. The zero-order chi connectivity index (χ0) is 18.0. The highest BCUT2D eigenvalue weighted by Gasteiger charge is 2.28. The van der Waals surface area contributed by atoms with Crippen molar-refractivity contribution in [2.45, 2.75) is 44.0 Å². The van der Waals surface area contributed by atoms with Crippen molar-refractivity contribution in [2.24, 2.45) is 0 Å². The number of sulfonamides is 1. The van der Waals surface area contributed by atoms with Gasteiger partial charge in [0, 0.05) is 18.2 Å². The lowest BCUT2D eigenvalue weighted by atomic mass is 10.1. The average molecular weight is 358 g/mol. The molecule has 2 aromatic rings. The molecule has 132 valence electrons. The van der Waals surface area contributed by atoms with E-state index < -0.39 is 10.0 Å². The number of para-hydroxylation sites is 1. The predicted octanol–water partition coefficient (Wildman–Crippen LogP) is 3.57. The van der Waals surface area contributed by atoms with Gasteiger partial charge in [-0.15, -0.1) is 0 Å². The van der Waals surface area contributed by atoms with E-state index in [0.29, 0.717) is 24.2 Å². The minimum Gasteiger partial charge on any atom is -0.326 e. The number of amides is 1. The SMILES string of the molecule is CC(C)N(c1ccccc1)S(=O)(=O)c1ccc2c(c1)CCCC(=O)N2. The van der Waals surface area contributed by atoms with Crippen LogP contribution in [0.3, 0.4) is 0 Å². The Balaban J connectivity index is 2.04. The molecule has 0 radical (unpaired) electrons. The molecule has 1 aliphatic heterocycles. The van der Waals surface area contributed by atoms with Crippen LogP contribution in [0.15, 0.2) is 53.4 Å². The van der Waals surface area contributed by atoms with Crippen LogP contribution in [-0.4, -0.2) is 20.4 Å². The molecule has 3 rings (SSSR count). The number of nitrogens with one attached hydrogen (secondary N) is 1. The maximum Gasteiger partial charge on any atom is 0.264 e. The van der Waals surface area contributed by atoms with Gasteiger partial charge in [0.05, 0.1) is 10.6 Å². The summed E-state index contributed by atoms with van der Waals surface area (Å²) in [5.41, 5.74) is 2.21. The number of benzene rings is 2. The van der Waals surface area contributed by atoms with Gasteiger partial charge in [-0.2, -0.15) is 0 Å². The summed E-state index contributed by atoms with van der Waals surface area (Å²) in [6.07, 6.45) is 1.86. The molecule has 6 heteroatoms. The molecule has 0 saturated heterocycles. The number of nitrogens with zero attached hydrogens (tertiary/aromatic N) is 1. The quantitative estimate of drug-likeness (QED) is 0.909. The molecule has 1 amide bonds. The fraction of sp³-hybridized carbons (Fsp3) is 0.316. The van der Waals surface area contributed by atoms with Crippen molar-refractivity contribution >= 4 is 27.3 Å². The third-order valence-corrected chi connectivity index (χ3v) is 6.24. The van der Waals surface area contributed by atoms with E-state index >= 15 is 0 Å². The number of anilines is 2. The third kappa shape index (κ3) is 3.54. The second kappa shape index (κ2) is 6.88. The highest BCUT2D eigenvalue weighted by molar-refractivity contribution is 7.92. The van der Waals surface area contributed by atoms with Gasteiger partial charge in [-0.1, -0.05) is 18.2 Å². The maximum absolute atomic E-state index is 13.2. The van der Waals surface area contributed by atoms with E-state index in [9.17, 15) is 13.2 Å². The van der Waals surface area contributed by atoms with Crippen LogP contribution in [0.5, 0.6) is 0 Å². The summed E-state index contributed by atoms with van der Waals surface area (Å²) < 4.78 is 27.9. The second-order valence-electron chi connectivity index (χ2n) is 6.45. The largest absolute Gasteiger partial charge is 0.326 e. The Morgan fingerprint density at radius 3 is 2.44 bits per heavy atom. The molecule has 1 heterocycles. The van der Waals surface area contributed by atoms with E-state index in [4.69, 9.17) is 0 Å². The normalized spacial score (nSPS) is 14.6. The molecule has 0 bridgehead atoms. The number of fused-ring (bicyclic) bond motifs is 1. The Morgan fingerprint density at radius 1 is 1.04 bits per heavy atom. The topological polar surface area (TPSA) is 66.5 Å². The van der Waals surface area contributed by atoms with Crippen LogP contribution in [0, 0.1) is 0 Å². The molecule has 0 aliphatic carbocycles. The molecule has 2 aromatic carbocycles. The first kappa shape index (κ1) is 17.5. The van der Waals surface area contributed by atoms with Gasteiger partial charge in [0.1, 0.15) is 0 Å². The Labute approximate surface area is 148 Å². The van der Waals surface area contributed by atoms with E-state index in [1.165, 1.54) is 4.31 Å². The lowest BCUT2D eigenvalue weighted by molar-refractivity contribution is -0.116. The van der Waals surface area contributed by atoms with Gasteiger partial charge in [-0.25, -0.2) is 8.42 Å². The number of hydrogen-bond acceptors (Lipinski definition) is 3. The molecule has 1 N–H and O–H groups in total. The smallest absolute Gasteiger partial charge is 0.264 e. The van der Waals surface area contributed by atoms with Crippen molar-refractivity contribution in [1.82, 2.24) is 0 Å². The zero-order valence-corrected chi connectivity index (χ0v) is 15.2. The van der Waals surface area contributed by atoms with E-state index in [0.717, 1.165) is 12.0 Å². The average Bonchev–Trinajstić information content (AvgIpc) is 2.75. The molecule has 1 aliphatic rings. The zero-order valence-electron chi connectivity index (χ0n) is 14.4. The first-order chi connectivity index (χ1) is 11.9. The number of hydrogen-bond donors (Lipinski definition) is 1. The molecule has 0 fully saturated rings. The van der Waals surface area contributed by atoms with E-state index in [1.807, 2.05) is 32.0 Å². The monoisotopic (exact) mass is 358 g/mol. The van der Waals surface area contributed by atoms with Gasteiger partial charge >= 0.3 is 0 Å². The highest BCUT2D eigenvalue weighted by Crippen LogP contribution is 2.30. The van der Waals surface area contributed by atoms with Crippen LogP contribution < -0.4 is 9.62 Å². The third-order valence-electron chi connectivity index (χ3n) is 4.24. The van der Waals surface area contributed by atoms with Crippen LogP contribution in [0.4, 0.5) is 11.4 Å². The predicted molar refractivity (Wildman–Crippen MR) is 99.3 cm³/mol. The van der Waals surface area contributed by atoms with E-state index in [1.54, 1.807) is 30.3 Å². The molecule has 5 nitrogen and oxygen atoms in total. The lowest BCUT2D eigenvalue weighted by Gasteiger charge is -2.28. The first-order valence-corrected chi connectivity index (χ1v) is 9.86. The van der Waals surface area contributed by atoms with Crippen molar-refractivity contribution in [1.29, 1.82) is 0 Å². The molecule has 25 heavy (non-hydrogen) atoms. The van der Waals surface area contributed by atoms with Crippen LogP contribution in [0.1, 0.15) is 32.3 Å². The summed E-state index contributed by atoms with van der Waals surface area (Å²) in [6.45, 7) is 3.71. The number of rotatable bonds is 4. The molecular weight excluding hydrogens is 336 g/mol. The van der Waals surface area contributed by atoms with Crippen LogP contribution in [0.2, 0.25) is 0 Å². The minimum absolute atomic E-state index is 0.0255. The molecular formula is C19H22N2O3S. The van der Waals surface area contributed by atoms with Crippen molar-refractivity contribution in [2.75, 3.05) is 9.62 Å². The Bertz CT molecular complexity index is 877. The summed E-state index contributed by atoms with van der Waals surface area (Å²) in [5.74, 6) is -0.0255. The van der Waals surface area contributed by atoms with Gasteiger partial charge in [0.2, 0.25) is 5.91 Å². The first-order valence-electron chi connectivity index (χ1n) is 8.42. The second-order valence-corrected chi connectivity index (χ2v) is 8.27. The standard InChI is InChI=1S/C19H22N2O3S/c1-14(2)21(16-8-4-3-5-9-16)25(23,24)17-11-12-18-15(13-17)7-6-10-19(22)20-18/h3-5,8-9,11-14H,6-7,10H2,1-2H3,(H,20,22). The molecule has 0 spiro atoms. The fourth-order valence-corrected chi connectivity index (χ4v) is 4.83. The van der Waals surface area contributed by atoms with Crippen molar-refractivity contribution in [3.8, 4) is 0 Å². The molecule has 0 atom stereocenters. The molecule has 0 aromatic heterocycles. The van der Waals surface area contributed by atoms with E-state index in [-0.39, 0.29) is 16.8 Å². The molecule has 0 saturated carbocycles. The summed E-state index contributed by atoms with van der Waals surface area (Å²) in [6, 6.07) is 13.8. The molecule has 0 unspecified atom stereocenters. The van der Waals surface area contributed by atoms with Gasteiger partial charge in [-0.05, 0) is 62.6 Å². The highest BCUT2D eigenvalue weighted by atomic mass is 32.2.